The van der Waals surface area contributed by atoms with Crippen molar-refractivity contribution in [2.24, 2.45) is 11.7 Å². The van der Waals surface area contributed by atoms with Crippen LogP contribution in [0.4, 0.5) is 4.79 Å². The molecule has 1 heterocycles. The van der Waals surface area contributed by atoms with Gasteiger partial charge in [-0.05, 0) is 71.1 Å². The van der Waals surface area contributed by atoms with E-state index in [1.165, 1.54) is 32.1 Å². The van der Waals surface area contributed by atoms with Gasteiger partial charge in [-0.3, -0.25) is 0 Å². The Balaban J connectivity index is 1.62. The maximum absolute atomic E-state index is 11.2. The average molecular weight is 312 g/mol. The van der Waals surface area contributed by atoms with E-state index < -0.39 is 6.09 Å². The quantitative estimate of drug-likeness (QED) is 0.764. The molecular weight excluding hydrogens is 280 g/mol. The first-order chi connectivity index (χ1) is 10.5. The van der Waals surface area contributed by atoms with E-state index in [9.17, 15) is 9.90 Å². The summed E-state index contributed by atoms with van der Waals surface area (Å²) in [6, 6.07) is 0.520. The van der Waals surface area contributed by atoms with Gasteiger partial charge < -0.3 is 20.5 Å². The van der Waals surface area contributed by atoms with Gasteiger partial charge in [-0.15, -0.1) is 0 Å². The molecule has 0 radical (unpaired) electrons. The topological polar surface area (TPSA) is 75.8 Å². The van der Waals surface area contributed by atoms with E-state index in [1.54, 1.807) is 4.90 Å². The van der Waals surface area contributed by atoms with Crippen molar-refractivity contribution in [3.63, 3.8) is 0 Å². The summed E-state index contributed by atoms with van der Waals surface area (Å²) in [6.07, 6.45) is 8.27. The highest BCUT2D eigenvalue weighted by molar-refractivity contribution is 5.66. The van der Waals surface area contributed by atoms with Crippen LogP contribution in [0.3, 0.4) is 0 Å². The van der Waals surface area contributed by atoms with Crippen molar-refractivity contribution in [1.29, 1.82) is 0 Å². The Hall–Kier alpha value is -0.810. The number of nitrogens with zero attached hydrogens (tertiary/aromatic N) is 1. The maximum atomic E-state index is 11.2. The van der Waals surface area contributed by atoms with Crippen molar-refractivity contribution >= 4 is 6.09 Å². The van der Waals surface area contributed by atoms with Crippen LogP contribution in [0.5, 0.6) is 0 Å². The van der Waals surface area contributed by atoms with Crippen LogP contribution in [-0.4, -0.2) is 46.9 Å². The minimum Gasteiger partial charge on any atom is -0.465 e. The summed E-state index contributed by atoms with van der Waals surface area (Å²) in [6.45, 7) is 4.76. The summed E-state index contributed by atoms with van der Waals surface area (Å²) in [5.74, 6) is 0.829. The average Bonchev–Trinajstić information content (AvgIpc) is 2.44. The molecule has 1 aliphatic heterocycles. The molecule has 1 amide bonds. The predicted octanol–water partition coefficient (Wildman–Crippen LogP) is 3.22. The molecule has 128 valence electrons. The Bertz CT molecular complexity index is 344. The fourth-order valence-corrected chi connectivity index (χ4v) is 4.13. The molecule has 2 aliphatic rings. The van der Waals surface area contributed by atoms with Crippen LogP contribution in [0, 0.1) is 5.92 Å². The molecule has 1 aliphatic carbocycles. The van der Waals surface area contributed by atoms with Crippen molar-refractivity contribution in [2.75, 3.05) is 6.61 Å². The van der Waals surface area contributed by atoms with E-state index in [0.717, 1.165) is 31.8 Å². The smallest absolute Gasteiger partial charge is 0.407 e. The van der Waals surface area contributed by atoms with Crippen molar-refractivity contribution in [3.05, 3.63) is 0 Å². The Labute approximate surface area is 134 Å². The number of hydrogen-bond acceptors (Lipinski definition) is 3. The standard InChI is InChI=1S/C17H32N2O3/c1-12-10-16(11-13(2)19(12)17(20)21)22-9-3-4-14-5-7-15(18)8-6-14/h12-16H,3-11,18H2,1-2H3,(H,20,21)/t12-,13+,14?,15?,16?. The van der Waals surface area contributed by atoms with Gasteiger partial charge in [0, 0.05) is 24.7 Å². The van der Waals surface area contributed by atoms with Crippen LogP contribution in [0.25, 0.3) is 0 Å². The number of hydrogen-bond donors (Lipinski definition) is 2. The number of amides is 1. The highest BCUT2D eigenvalue weighted by atomic mass is 16.5. The highest BCUT2D eigenvalue weighted by Crippen LogP contribution is 2.28. The SMILES string of the molecule is C[C@@H]1CC(OCCCC2CCC(N)CC2)C[C@H](C)N1C(=O)O. The molecule has 5 heteroatoms. The lowest BCUT2D eigenvalue weighted by Crippen LogP contribution is -2.51. The molecule has 1 unspecified atom stereocenters. The molecule has 2 fully saturated rings. The molecule has 5 nitrogen and oxygen atoms in total. The van der Waals surface area contributed by atoms with E-state index in [-0.39, 0.29) is 18.2 Å². The second kappa shape index (κ2) is 8.16. The van der Waals surface area contributed by atoms with Gasteiger partial charge in [-0.25, -0.2) is 4.79 Å². The van der Waals surface area contributed by atoms with Crippen LogP contribution in [0.1, 0.15) is 65.2 Å². The molecule has 0 spiro atoms. The minimum atomic E-state index is -0.811. The molecule has 0 aromatic carbocycles. The van der Waals surface area contributed by atoms with E-state index in [0.29, 0.717) is 6.04 Å². The molecule has 1 saturated carbocycles. The van der Waals surface area contributed by atoms with Gasteiger partial charge in [-0.2, -0.15) is 0 Å². The lowest BCUT2D eigenvalue weighted by atomic mass is 9.84. The number of carbonyl (C=O) groups is 1. The number of ether oxygens (including phenoxy) is 1. The third kappa shape index (κ3) is 4.85. The van der Waals surface area contributed by atoms with E-state index in [1.807, 2.05) is 13.8 Å². The van der Waals surface area contributed by atoms with Gasteiger partial charge in [0.05, 0.1) is 6.10 Å². The van der Waals surface area contributed by atoms with Crippen LogP contribution in [0.2, 0.25) is 0 Å². The first kappa shape index (κ1) is 17.5. The van der Waals surface area contributed by atoms with Crippen molar-refractivity contribution < 1.29 is 14.6 Å². The summed E-state index contributed by atoms with van der Waals surface area (Å²) in [7, 11) is 0. The normalized spacial score (nSPS) is 36.3. The Kier molecular flexibility index (Phi) is 6.50. The summed E-state index contributed by atoms with van der Waals surface area (Å²) >= 11 is 0. The third-order valence-corrected chi connectivity index (χ3v) is 5.38. The van der Waals surface area contributed by atoms with E-state index in [2.05, 4.69) is 0 Å². The van der Waals surface area contributed by atoms with Gasteiger partial charge in [0.2, 0.25) is 0 Å². The first-order valence-corrected chi connectivity index (χ1v) is 8.85. The van der Waals surface area contributed by atoms with Crippen molar-refractivity contribution in [2.45, 2.75) is 89.4 Å². The second-order valence-corrected chi connectivity index (χ2v) is 7.28. The molecule has 2 rings (SSSR count). The minimum absolute atomic E-state index is 0.0473. The molecular formula is C17H32N2O3. The number of carboxylic acid groups (broad SMARTS) is 1. The Morgan fingerprint density at radius 2 is 1.77 bits per heavy atom. The van der Waals surface area contributed by atoms with Crippen LogP contribution < -0.4 is 5.73 Å². The first-order valence-electron chi connectivity index (χ1n) is 8.85. The summed E-state index contributed by atoms with van der Waals surface area (Å²) < 4.78 is 6.02. The van der Waals surface area contributed by atoms with E-state index >= 15 is 0 Å². The van der Waals surface area contributed by atoms with Gasteiger partial charge in [0.1, 0.15) is 0 Å². The number of rotatable bonds is 5. The second-order valence-electron chi connectivity index (χ2n) is 7.28. The largest absolute Gasteiger partial charge is 0.465 e. The Morgan fingerprint density at radius 1 is 1.18 bits per heavy atom. The van der Waals surface area contributed by atoms with Crippen LogP contribution >= 0.6 is 0 Å². The molecule has 3 atom stereocenters. The third-order valence-electron chi connectivity index (χ3n) is 5.38. The summed E-state index contributed by atoms with van der Waals surface area (Å²) in [4.78, 5) is 12.8. The van der Waals surface area contributed by atoms with Crippen LogP contribution in [0.15, 0.2) is 0 Å². The molecule has 1 saturated heterocycles. The zero-order valence-corrected chi connectivity index (χ0v) is 14.0. The molecule has 22 heavy (non-hydrogen) atoms. The fourth-order valence-electron chi connectivity index (χ4n) is 4.13. The number of nitrogens with two attached hydrogens (primary N) is 1. The lowest BCUT2D eigenvalue weighted by Gasteiger charge is -2.40. The summed E-state index contributed by atoms with van der Waals surface area (Å²) in [5.41, 5.74) is 5.94. The monoisotopic (exact) mass is 312 g/mol. The maximum Gasteiger partial charge on any atom is 0.407 e. The van der Waals surface area contributed by atoms with Gasteiger partial charge in [0.15, 0.2) is 0 Å². The van der Waals surface area contributed by atoms with Crippen molar-refractivity contribution in [1.82, 2.24) is 4.90 Å². The number of piperidine rings is 1. The molecule has 3 N–H and O–H groups in total. The van der Waals surface area contributed by atoms with Gasteiger partial charge >= 0.3 is 6.09 Å². The molecule has 0 bridgehead atoms. The zero-order chi connectivity index (χ0) is 16.1. The zero-order valence-electron chi connectivity index (χ0n) is 14.0. The predicted molar refractivity (Wildman–Crippen MR) is 86.9 cm³/mol. The van der Waals surface area contributed by atoms with Gasteiger partial charge in [0.25, 0.3) is 0 Å². The van der Waals surface area contributed by atoms with Crippen molar-refractivity contribution in [3.8, 4) is 0 Å². The molecule has 0 aromatic heterocycles. The fraction of sp³-hybridized carbons (Fsp3) is 0.941. The Morgan fingerprint density at radius 3 is 2.32 bits per heavy atom. The van der Waals surface area contributed by atoms with Gasteiger partial charge in [-0.1, -0.05) is 0 Å². The van der Waals surface area contributed by atoms with E-state index in [4.69, 9.17) is 10.5 Å². The summed E-state index contributed by atoms with van der Waals surface area (Å²) in [5, 5.41) is 9.22. The highest BCUT2D eigenvalue weighted by Gasteiger charge is 2.34. The molecule has 0 aromatic rings. The lowest BCUT2D eigenvalue weighted by molar-refractivity contribution is -0.0283. The number of likely N-dealkylation sites (tertiary alicyclic amines) is 1. The van der Waals surface area contributed by atoms with Crippen LogP contribution in [-0.2, 0) is 4.74 Å².